The van der Waals surface area contributed by atoms with Crippen molar-refractivity contribution >= 4 is 33.7 Å². The molecular formula is C32H31N3O5. The predicted octanol–water partition coefficient (Wildman–Crippen LogP) is 4.70. The van der Waals surface area contributed by atoms with Gasteiger partial charge < -0.3 is 24.9 Å². The number of carbonyl (C=O) groups excluding carboxylic acids is 2. The molecule has 0 aliphatic carbocycles. The fourth-order valence-electron chi connectivity index (χ4n) is 4.61. The number of nitrogens with one attached hydrogen (secondary N) is 2. The van der Waals surface area contributed by atoms with E-state index in [4.69, 9.17) is 9.47 Å². The van der Waals surface area contributed by atoms with Crippen molar-refractivity contribution in [2.24, 2.45) is 0 Å². The van der Waals surface area contributed by atoms with Gasteiger partial charge in [0.25, 0.3) is 0 Å². The molecule has 2 aromatic heterocycles. The van der Waals surface area contributed by atoms with E-state index < -0.39 is 24.1 Å². The van der Waals surface area contributed by atoms with Gasteiger partial charge in [0, 0.05) is 29.3 Å². The van der Waals surface area contributed by atoms with Crippen molar-refractivity contribution < 1.29 is 24.2 Å². The lowest BCUT2D eigenvalue weighted by Crippen LogP contribution is -2.46. The smallest absolute Gasteiger partial charge is 0.357 e. The first kappa shape index (κ1) is 27.1. The van der Waals surface area contributed by atoms with E-state index >= 15 is 0 Å². The first-order valence-electron chi connectivity index (χ1n) is 13.2. The molecule has 0 aliphatic rings. The highest BCUT2D eigenvalue weighted by atomic mass is 16.5. The summed E-state index contributed by atoms with van der Waals surface area (Å²) in [7, 11) is 0. The topological polar surface area (TPSA) is 114 Å². The number of esters is 2. The second-order valence-corrected chi connectivity index (χ2v) is 9.62. The zero-order valence-electron chi connectivity index (χ0n) is 22.2. The van der Waals surface area contributed by atoms with Crippen LogP contribution in [0.2, 0.25) is 0 Å². The minimum atomic E-state index is -0.969. The lowest BCUT2D eigenvalue weighted by atomic mass is 10.1. The highest BCUT2D eigenvalue weighted by Gasteiger charge is 2.25. The number of benzene rings is 3. The van der Waals surface area contributed by atoms with E-state index in [-0.39, 0.29) is 18.9 Å². The van der Waals surface area contributed by atoms with Gasteiger partial charge in [-0.05, 0) is 30.2 Å². The quantitative estimate of drug-likeness (QED) is 0.209. The number of aliphatic hydroxyl groups excluding tert-OH is 1. The summed E-state index contributed by atoms with van der Waals surface area (Å²) in [6, 6.07) is 27.5. The largest absolute Gasteiger partial charge is 0.460 e. The van der Waals surface area contributed by atoms with E-state index in [1.54, 1.807) is 13.0 Å². The zero-order chi connectivity index (χ0) is 27.9. The highest BCUT2D eigenvalue weighted by Crippen LogP contribution is 2.28. The third-order valence-corrected chi connectivity index (χ3v) is 6.68. The summed E-state index contributed by atoms with van der Waals surface area (Å²) in [6.07, 6.45) is -0.582. The van der Waals surface area contributed by atoms with Crippen molar-refractivity contribution in [1.82, 2.24) is 15.3 Å². The van der Waals surface area contributed by atoms with Gasteiger partial charge in [0.05, 0.1) is 17.3 Å². The molecule has 0 saturated carbocycles. The third-order valence-electron chi connectivity index (χ3n) is 6.68. The van der Waals surface area contributed by atoms with Gasteiger partial charge in [0.2, 0.25) is 0 Å². The van der Waals surface area contributed by atoms with Crippen molar-refractivity contribution in [2.45, 2.75) is 38.7 Å². The second-order valence-electron chi connectivity index (χ2n) is 9.62. The summed E-state index contributed by atoms with van der Waals surface area (Å²) in [5, 5.41) is 15.2. The number of hydrogen-bond acceptors (Lipinski definition) is 7. The Morgan fingerprint density at radius 2 is 1.50 bits per heavy atom. The van der Waals surface area contributed by atoms with Gasteiger partial charge in [-0.3, -0.25) is 4.79 Å². The fourth-order valence-corrected chi connectivity index (χ4v) is 4.61. The SMILES string of the molecule is C[C@@H](O)[C@H](NCCc1nc(C(=O)OCc2ccccc2)cc2c1[nH]c1ccccc12)C(=O)OCc1ccccc1. The first-order chi connectivity index (χ1) is 19.5. The van der Waals surface area contributed by atoms with Crippen LogP contribution in [0.5, 0.6) is 0 Å². The maximum atomic E-state index is 13.0. The monoisotopic (exact) mass is 537 g/mol. The molecule has 3 N–H and O–H groups in total. The number of H-pyrrole nitrogens is 1. The number of rotatable bonds is 11. The minimum absolute atomic E-state index is 0.120. The van der Waals surface area contributed by atoms with E-state index in [2.05, 4.69) is 15.3 Å². The van der Waals surface area contributed by atoms with Crippen LogP contribution in [0.4, 0.5) is 0 Å². The molecule has 204 valence electrons. The molecule has 5 aromatic rings. The standard InChI is InChI=1S/C32H31N3O5/c1-21(36)29(32(38)40-20-23-12-6-3-7-13-23)33-17-16-27-30-25(24-14-8-9-15-26(24)35-30)18-28(34-27)31(37)39-19-22-10-4-2-5-11-22/h2-15,18,21,29,33,35-36H,16-17,19-20H2,1H3/t21-,29+/m1/s1. The number of ether oxygens (including phenoxy) is 2. The van der Waals surface area contributed by atoms with Crippen molar-refractivity contribution in [3.05, 3.63) is 114 Å². The molecule has 8 heteroatoms. The number of aliphatic hydroxyl groups is 1. The number of hydrogen-bond donors (Lipinski definition) is 3. The van der Waals surface area contributed by atoms with Crippen molar-refractivity contribution in [2.75, 3.05) is 6.54 Å². The summed E-state index contributed by atoms with van der Waals surface area (Å²) in [5.74, 6) is -1.06. The summed E-state index contributed by atoms with van der Waals surface area (Å²) in [4.78, 5) is 33.8. The Hall–Kier alpha value is -4.53. The first-order valence-corrected chi connectivity index (χ1v) is 13.2. The Bertz CT molecular complexity index is 1600. The number of fused-ring (bicyclic) bond motifs is 3. The van der Waals surface area contributed by atoms with E-state index in [0.29, 0.717) is 18.7 Å². The molecule has 2 atom stereocenters. The van der Waals surface area contributed by atoms with Gasteiger partial charge in [0.15, 0.2) is 0 Å². The van der Waals surface area contributed by atoms with Gasteiger partial charge in [-0.25, -0.2) is 9.78 Å². The van der Waals surface area contributed by atoms with Gasteiger partial charge in [0.1, 0.15) is 24.9 Å². The Morgan fingerprint density at radius 3 is 2.17 bits per heavy atom. The number of aromatic amines is 1. The average molecular weight is 538 g/mol. The maximum absolute atomic E-state index is 13.0. The fraction of sp³-hybridized carbons (Fsp3) is 0.219. The van der Waals surface area contributed by atoms with Gasteiger partial charge in [-0.2, -0.15) is 0 Å². The molecule has 0 spiro atoms. The van der Waals surface area contributed by atoms with E-state index in [0.717, 1.165) is 32.9 Å². The van der Waals surface area contributed by atoms with Crippen LogP contribution in [0.15, 0.2) is 91.0 Å². The third kappa shape index (κ3) is 6.36. The van der Waals surface area contributed by atoms with E-state index in [1.807, 2.05) is 84.9 Å². The molecule has 5 rings (SSSR count). The van der Waals surface area contributed by atoms with Crippen LogP contribution < -0.4 is 5.32 Å². The summed E-state index contributed by atoms with van der Waals surface area (Å²) < 4.78 is 11.0. The van der Waals surface area contributed by atoms with Gasteiger partial charge in [-0.1, -0.05) is 78.9 Å². The van der Waals surface area contributed by atoms with E-state index in [9.17, 15) is 14.7 Å². The van der Waals surface area contributed by atoms with Crippen LogP contribution in [0, 0.1) is 0 Å². The van der Waals surface area contributed by atoms with Crippen LogP contribution >= 0.6 is 0 Å². The summed E-state index contributed by atoms with van der Waals surface area (Å²) >= 11 is 0. The Morgan fingerprint density at radius 1 is 0.875 bits per heavy atom. The number of pyridine rings is 1. The molecule has 0 saturated heterocycles. The van der Waals surface area contributed by atoms with Gasteiger partial charge in [-0.15, -0.1) is 0 Å². The summed E-state index contributed by atoms with van der Waals surface area (Å²) in [5.41, 5.74) is 4.34. The molecule has 0 amide bonds. The number of nitrogens with zero attached hydrogens (tertiary/aromatic N) is 1. The Labute approximate surface area is 232 Å². The minimum Gasteiger partial charge on any atom is -0.460 e. The molecule has 0 radical (unpaired) electrons. The lowest BCUT2D eigenvalue weighted by Gasteiger charge is -2.20. The number of aromatic nitrogens is 2. The molecule has 40 heavy (non-hydrogen) atoms. The zero-order valence-corrected chi connectivity index (χ0v) is 22.2. The van der Waals surface area contributed by atoms with Gasteiger partial charge >= 0.3 is 11.9 Å². The normalized spacial score (nSPS) is 12.8. The molecule has 0 fully saturated rings. The molecule has 8 nitrogen and oxygen atoms in total. The summed E-state index contributed by atoms with van der Waals surface area (Å²) in [6.45, 7) is 2.12. The van der Waals surface area contributed by atoms with Crippen molar-refractivity contribution in [3.63, 3.8) is 0 Å². The van der Waals surface area contributed by atoms with Crippen LogP contribution in [-0.4, -0.2) is 45.7 Å². The van der Waals surface area contributed by atoms with Crippen LogP contribution in [0.25, 0.3) is 21.8 Å². The number of carbonyl (C=O) groups is 2. The predicted molar refractivity (Wildman–Crippen MR) is 153 cm³/mol. The second kappa shape index (κ2) is 12.5. The molecule has 2 heterocycles. The molecule has 0 bridgehead atoms. The molecule has 0 aliphatic heterocycles. The molecule has 0 unspecified atom stereocenters. The van der Waals surface area contributed by atoms with Crippen molar-refractivity contribution in [3.8, 4) is 0 Å². The highest BCUT2D eigenvalue weighted by molar-refractivity contribution is 6.09. The molecular weight excluding hydrogens is 506 g/mol. The Kier molecular flexibility index (Phi) is 8.49. The Balaban J connectivity index is 1.33. The lowest BCUT2D eigenvalue weighted by molar-refractivity contribution is -0.150. The maximum Gasteiger partial charge on any atom is 0.357 e. The van der Waals surface area contributed by atoms with Crippen LogP contribution in [0.3, 0.4) is 0 Å². The number of para-hydroxylation sites is 1. The van der Waals surface area contributed by atoms with Crippen LogP contribution in [-0.2, 0) is 33.9 Å². The van der Waals surface area contributed by atoms with Crippen LogP contribution in [0.1, 0.15) is 34.2 Å². The molecule has 3 aromatic carbocycles. The average Bonchev–Trinajstić information content (AvgIpc) is 3.36. The van der Waals surface area contributed by atoms with E-state index in [1.165, 1.54) is 0 Å². The van der Waals surface area contributed by atoms with Crippen molar-refractivity contribution in [1.29, 1.82) is 0 Å².